The van der Waals surface area contributed by atoms with Gasteiger partial charge in [-0.1, -0.05) is 19.9 Å². The predicted octanol–water partition coefficient (Wildman–Crippen LogP) is 2.55. The van der Waals surface area contributed by atoms with Crippen LogP contribution in [0.25, 0.3) is 5.69 Å². The molecule has 1 saturated heterocycles. The van der Waals surface area contributed by atoms with Crippen molar-refractivity contribution in [1.82, 2.24) is 14.7 Å². The third-order valence-corrected chi connectivity index (χ3v) is 4.38. The minimum absolute atomic E-state index is 0.00917. The summed E-state index contributed by atoms with van der Waals surface area (Å²) in [7, 11) is 0. The summed E-state index contributed by atoms with van der Waals surface area (Å²) in [5, 5.41) is 14.2. The Bertz CT molecular complexity index is 816. The number of hydrogen-bond donors (Lipinski definition) is 1. The Kier molecular flexibility index (Phi) is 4.57. The van der Waals surface area contributed by atoms with Gasteiger partial charge in [0.25, 0.3) is 5.91 Å². The third kappa shape index (κ3) is 3.26. The molecule has 1 unspecified atom stereocenters. The molecule has 0 bridgehead atoms. The zero-order chi connectivity index (χ0) is 18.1. The number of aromatic hydroxyl groups is 1. The molecular weight excluding hydrogens is 325 g/mol. The molecule has 1 aromatic heterocycles. The lowest BCUT2D eigenvalue weighted by molar-refractivity contribution is -0.125. The number of ketones is 1. The number of Topliss-reactive ketones (excluding diaryl/α,β-unsaturated/α-hetero) is 1. The van der Waals surface area contributed by atoms with E-state index in [1.54, 1.807) is 19.9 Å². The first-order chi connectivity index (χ1) is 11.9. The van der Waals surface area contributed by atoms with Gasteiger partial charge in [-0.25, -0.2) is 9.07 Å². The summed E-state index contributed by atoms with van der Waals surface area (Å²) in [6, 6.07) is 5.20. The van der Waals surface area contributed by atoms with Gasteiger partial charge in [0.2, 0.25) is 0 Å². The first-order valence-electron chi connectivity index (χ1n) is 8.27. The maximum atomic E-state index is 13.4. The highest BCUT2D eigenvalue weighted by Gasteiger charge is 2.37. The van der Waals surface area contributed by atoms with Gasteiger partial charge in [0.1, 0.15) is 5.82 Å². The van der Waals surface area contributed by atoms with E-state index < -0.39 is 17.8 Å². The molecule has 2 heterocycles. The predicted molar refractivity (Wildman–Crippen MR) is 89.1 cm³/mol. The minimum Gasteiger partial charge on any atom is -0.504 e. The highest BCUT2D eigenvalue weighted by atomic mass is 19.1. The van der Waals surface area contributed by atoms with Crippen molar-refractivity contribution in [2.45, 2.75) is 32.7 Å². The maximum absolute atomic E-state index is 13.4. The Balaban J connectivity index is 1.89. The molecule has 1 aliphatic heterocycles. The van der Waals surface area contributed by atoms with Crippen molar-refractivity contribution < 1.29 is 19.1 Å². The lowest BCUT2D eigenvalue weighted by Crippen LogP contribution is -2.42. The van der Waals surface area contributed by atoms with E-state index in [9.17, 15) is 19.1 Å². The average molecular weight is 345 g/mol. The zero-order valence-electron chi connectivity index (χ0n) is 14.1. The van der Waals surface area contributed by atoms with E-state index in [0.29, 0.717) is 18.7 Å². The Hall–Kier alpha value is -2.70. The van der Waals surface area contributed by atoms with E-state index in [1.165, 1.54) is 34.0 Å². The van der Waals surface area contributed by atoms with Crippen LogP contribution in [0.1, 0.15) is 37.2 Å². The number of nitrogens with zero attached hydrogens (tertiary/aromatic N) is 3. The van der Waals surface area contributed by atoms with Crippen molar-refractivity contribution >= 4 is 11.7 Å². The standard InChI is InChI=1S/C18H20FN3O3/c1-11(2)17(24)14-7-4-8-21(14)18(25)16-15(23)10-22(20-16)13-6-3-5-12(19)9-13/h3,5-6,9-11,14,23H,4,7-8H2,1-2H3. The summed E-state index contributed by atoms with van der Waals surface area (Å²) in [6.07, 6.45) is 2.62. The number of likely N-dealkylation sites (tertiary alicyclic amines) is 1. The summed E-state index contributed by atoms with van der Waals surface area (Å²) in [4.78, 5) is 26.6. The van der Waals surface area contributed by atoms with Crippen LogP contribution in [0.5, 0.6) is 5.75 Å². The first-order valence-corrected chi connectivity index (χ1v) is 8.27. The van der Waals surface area contributed by atoms with Crippen LogP contribution in [0.4, 0.5) is 4.39 Å². The van der Waals surface area contributed by atoms with Gasteiger partial charge in [-0.15, -0.1) is 0 Å². The van der Waals surface area contributed by atoms with Crippen molar-refractivity contribution in [3.05, 3.63) is 42.0 Å². The fourth-order valence-electron chi connectivity index (χ4n) is 3.09. The second kappa shape index (κ2) is 6.66. The second-order valence-electron chi connectivity index (χ2n) is 6.50. The molecule has 0 spiro atoms. The molecule has 0 radical (unpaired) electrons. The number of aromatic nitrogens is 2. The SMILES string of the molecule is CC(C)C(=O)C1CCCN1C(=O)c1nn(-c2cccc(F)c2)cc1O. The van der Waals surface area contributed by atoms with Crippen molar-refractivity contribution in [2.75, 3.05) is 6.54 Å². The highest BCUT2D eigenvalue weighted by Crippen LogP contribution is 2.26. The maximum Gasteiger partial charge on any atom is 0.278 e. The van der Waals surface area contributed by atoms with Crippen LogP contribution in [-0.4, -0.2) is 44.1 Å². The van der Waals surface area contributed by atoms with Crippen molar-refractivity contribution in [3.8, 4) is 11.4 Å². The second-order valence-corrected chi connectivity index (χ2v) is 6.50. The molecule has 3 rings (SSSR count). The minimum atomic E-state index is -0.482. The third-order valence-electron chi connectivity index (χ3n) is 4.38. The van der Waals surface area contributed by atoms with E-state index >= 15 is 0 Å². The van der Waals surface area contributed by atoms with Crippen molar-refractivity contribution in [1.29, 1.82) is 0 Å². The lowest BCUT2D eigenvalue weighted by Gasteiger charge is -2.24. The van der Waals surface area contributed by atoms with E-state index in [0.717, 1.165) is 6.42 Å². The van der Waals surface area contributed by atoms with Crippen molar-refractivity contribution in [3.63, 3.8) is 0 Å². The Morgan fingerprint density at radius 1 is 1.36 bits per heavy atom. The summed E-state index contributed by atoms with van der Waals surface area (Å²) < 4.78 is 14.6. The Morgan fingerprint density at radius 2 is 2.12 bits per heavy atom. The normalized spacial score (nSPS) is 17.3. The van der Waals surface area contributed by atoms with Crippen LogP contribution >= 0.6 is 0 Å². The molecule has 1 atom stereocenters. The topological polar surface area (TPSA) is 75.4 Å². The number of rotatable bonds is 4. The van der Waals surface area contributed by atoms with Crippen LogP contribution in [0, 0.1) is 11.7 Å². The number of carbonyl (C=O) groups is 2. The molecule has 1 aromatic carbocycles. The van der Waals surface area contributed by atoms with Crippen LogP contribution < -0.4 is 0 Å². The summed E-state index contributed by atoms with van der Waals surface area (Å²) >= 11 is 0. The van der Waals surface area contributed by atoms with Gasteiger partial charge in [-0.2, -0.15) is 5.10 Å². The van der Waals surface area contributed by atoms with Gasteiger partial charge < -0.3 is 10.0 Å². The largest absolute Gasteiger partial charge is 0.504 e. The Labute approximate surface area is 144 Å². The first kappa shape index (κ1) is 17.1. The molecule has 1 N–H and O–H groups in total. The van der Waals surface area contributed by atoms with Crippen LogP contribution in [-0.2, 0) is 4.79 Å². The molecule has 6 nitrogen and oxygen atoms in total. The average Bonchev–Trinajstić information content (AvgIpc) is 3.20. The smallest absolute Gasteiger partial charge is 0.278 e. The molecule has 25 heavy (non-hydrogen) atoms. The van der Waals surface area contributed by atoms with E-state index in [-0.39, 0.29) is 23.1 Å². The van der Waals surface area contributed by atoms with E-state index in [1.807, 2.05) is 0 Å². The van der Waals surface area contributed by atoms with Gasteiger partial charge >= 0.3 is 0 Å². The van der Waals surface area contributed by atoms with Gasteiger partial charge in [-0.3, -0.25) is 9.59 Å². The van der Waals surface area contributed by atoms with Gasteiger partial charge in [0, 0.05) is 12.5 Å². The number of halogens is 1. The number of carbonyl (C=O) groups excluding carboxylic acids is 2. The zero-order valence-corrected chi connectivity index (χ0v) is 14.1. The van der Waals surface area contributed by atoms with Gasteiger partial charge in [-0.05, 0) is 31.0 Å². The van der Waals surface area contributed by atoms with E-state index in [2.05, 4.69) is 5.10 Å². The van der Waals surface area contributed by atoms with Crippen molar-refractivity contribution in [2.24, 2.45) is 5.92 Å². The molecule has 132 valence electrons. The highest BCUT2D eigenvalue weighted by molar-refractivity contribution is 5.99. The van der Waals surface area contributed by atoms with Crippen LogP contribution in [0.2, 0.25) is 0 Å². The lowest BCUT2D eigenvalue weighted by atomic mass is 10.00. The fourth-order valence-corrected chi connectivity index (χ4v) is 3.09. The van der Waals surface area contributed by atoms with Crippen LogP contribution in [0.3, 0.4) is 0 Å². The summed E-state index contributed by atoms with van der Waals surface area (Å²) in [5.74, 6) is -1.38. The monoisotopic (exact) mass is 345 g/mol. The number of amides is 1. The van der Waals surface area contributed by atoms with E-state index in [4.69, 9.17) is 0 Å². The molecular formula is C18H20FN3O3. The Morgan fingerprint density at radius 3 is 2.80 bits per heavy atom. The summed E-state index contributed by atoms with van der Waals surface area (Å²) in [5.41, 5.74) is 0.262. The molecule has 1 aliphatic rings. The quantitative estimate of drug-likeness (QED) is 0.924. The summed E-state index contributed by atoms with van der Waals surface area (Å²) in [6.45, 7) is 4.06. The van der Waals surface area contributed by atoms with Crippen LogP contribution in [0.15, 0.2) is 30.5 Å². The molecule has 2 aromatic rings. The number of hydrogen-bond acceptors (Lipinski definition) is 4. The molecule has 7 heteroatoms. The molecule has 1 fully saturated rings. The van der Waals surface area contributed by atoms with Gasteiger partial charge in [0.15, 0.2) is 17.2 Å². The number of benzene rings is 1. The molecule has 0 aliphatic carbocycles. The molecule has 1 amide bonds. The van der Waals surface area contributed by atoms with Gasteiger partial charge in [0.05, 0.1) is 17.9 Å². The molecule has 0 saturated carbocycles. The fraction of sp³-hybridized carbons (Fsp3) is 0.389.